The predicted octanol–water partition coefficient (Wildman–Crippen LogP) is 4.65. The van der Waals surface area contributed by atoms with Crippen molar-refractivity contribution in [3.8, 4) is 5.75 Å². The van der Waals surface area contributed by atoms with Crippen molar-refractivity contribution in [1.82, 2.24) is 0 Å². The molecule has 0 bridgehead atoms. The van der Waals surface area contributed by atoms with Gasteiger partial charge in [0.05, 0.1) is 17.7 Å². The Labute approximate surface area is 135 Å². The van der Waals surface area contributed by atoms with Crippen molar-refractivity contribution in [3.05, 3.63) is 51.5 Å². The first-order valence-corrected chi connectivity index (χ1v) is 7.26. The van der Waals surface area contributed by atoms with Crippen LogP contribution < -0.4 is 10.1 Å². The van der Waals surface area contributed by atoms with Crippen LogP contribution in [-0.4, -0.2) is 13.0 Å². The molecule has 0 heterocycles. The maximum atomic E-state index is 12.2. The summed E-state index contributed by atoms with van der Waals surface area (Å²) < 4.78 is 5.76. The number of carbonyl (C=O) groups excluding carboxylic acids is 1. The smallest absolute Gasteiger partial charge is 0.256 e. The van der Waals surface area contributed by atoms with Crippen LogP contribution in [0.1, 0.15) is 10.4 Å². The van der Waals surface area contributed by atoms with Gasteiger partial charge in [0.1, 0.15) is 5.75 Å². The van der Waals surface area contributed by atoms with Crippen molar-refractivity contribution < 1.29 is 9.53 Å². The summed E-state index contributed by atoms with van der Waals surface area (Å²) in [6, 6.07) is 10.3. The lowest BCUT2D eigenvalue weighted by molar-refractivity contribution is 0.102. The normalized spacial score (nSPS) is 10.2. The monoisotopic (exact) mass is 371 g/mol. The Morgan fingerprint density at radius 1 is 1.30 bits per heavy atom. The zero-order chi connectivity index (χ0) is 14.7. The molecular formula is C14H11BrClNO2S. The Morgan fingerprint density at radius 2 is 2.05 bits per heavy atom. The van der Waals surface area contributed by atoms with Gasteiger partial charge in [-0.15, -0.1) is 12.6 Å². The van der Waals surface area contributed by atoms with Crippen molar-refractivity contribution in [3.63, 3.8) is 0 Å². The van der Waals surface area contributed by atoms with Gasteiger partial charge in [-0.1, -0.05) is 11.6 Å². The molecule has 104 valence electrons. The molecule has 0 atom stereocenters. The molecule has 0 spiro atoms. The SMILES string of the molecule is COc1ccc(NC(=O)c2cc(S)ccc2Br)cc1Cl. The highest BCUT2D eigenvalue weighted by atomic mass is 79.9. The van der Waals surface area contributed by atoms with Crippen LogP contribution in [0.15, 0.2) is 45.8 Å². The highest BCUT2D eigenvalue weighted by molar-refractivity contribution is 9.10. The molecule has 0 saturated carbocycles. The van der Waals surface area contributed by atoms with Crippen molar-refractivity contribution >= 4 is 51.8 Å². The first kappa shape index (κ1) is 15.2. The van der Waals surface area contributed by atoms with E-state index in [4.69, 9.17) is 16.3 Å². The van der Waals surface area contributed by atoms with E-state index in [1.54, 1.807) is 36.4 Å². The Balaban J connectivity index is 2.23. The Kier molecular flexibility index (Phi) is 4.96. The summed E-state index contributed by atoms with van der Waals surface area (Å²) >= 11 is 13.6. The van der Waals surface area contributed by atoms with Crippen molar-refractivity contribution in [2.45, 2.75) is 4.90 Å². The van der Waals surface area contributed by atoms with Gasteiger partial charge >= 0.3 is 0 Å². The molecule has 0 saturated heterocycles. The molecule has 2 aromatic carbocycles. The van der Waals surface area contributed by atoms with Crippen LogP contribution in [0.3, 0.4) is 0 Å². The van der Waals surface area contributed by atoms with Gasteiger partial charge in [0.15, 0.2) is 0 Å². The molecular weight excluding hydrogens is 362 g/mol. The number of hydrogen-bond acceptors (Lipinski definition) is 3. The van der Waals surface area contributed by atoms with E-state index in [9.17, 15) is 4.79 Å². The number of benzene rings is 2. The van der Waals surface area contributed by atoms with Gasteiger partial charge in [0.2, 0.25) is 0 Å². The minimum absolute atomic E-state index is 0.242. The van der Waals surface area contributed by atoms with E-state index in [0.717, 1.165) is 0 Å². The second kappa shape index (κ2) is 6.52. The summed E-state index contributed by atoms with van der Waals surface area (Å²) in [6.07, 6.45) is 0. The molecule has 0 fully saturated rings. The summed E-state index contributed by atoms with van der Waals surface area (Å²) in [7, 11) is 1.54. The third-order valence-corrected chi connectivity index (χ3v) is 3.87. The fourth-order valence-electron chi connectivity index (χ4n) is 1.63. The predicted molar refractivity (Wildman–Crippen MR) is 87.4 cm³/mol. The van der Waals surface area contributed by atoms with Crippen LogP contribution in [0.4, 0.5) is 5.69 Å². The lowest BCUT2D eigenvalue weighted by Gasteiger charge is -2.09. The standard InChI is InChI=1S/C14H11BrClNO2S/c1-19-13-5-2-8(6-12(13)16)17-14(18)10-7-9(20)3-4-11(10)15/h2-7,20H,1H3,(H,17,18). The highest BCUT2D eigenvalue weighted by Crippen LogP contribution is 2.28. The molecule has 0 aliphatic rings. The van der Waals surface area contributed by atoms with Crippen LogP contribution in [0.5, 0.6) is 5.75 Å². The summed E-state index contributed by atoms with van der Waals surface area (Å²) in [5.74, 6) is 0.317. The second-order valence-electron chi connectivity index (χ2n) is 3.97. The van der Waals surface area contributed by atoms with Crippen molar-refractivity contribution in [2.24, 2.45) is 0 Å². The quantitative estimate of drug-likeness (QED) is 0.770. The van der Waals surface area contributed by atoms with Crippen LogP contribution in [0.25, 0.3) is 0 Å². The molecule has 2 aromatic rings. The Bertz CT molecular complexity index is 664. The number of hydrogen-bond donors (Lipinski definition) is 2. The molecule has 1 amide bonds. The van der Waals surface area contributed by atoms with Gasteiger partial charge in [0.25, 0.3) is 5.91 Å². The largest absolute Gasteiger partial charge is 0.495 e. The number of halogens is 2. The number of nitrogens with one attached hydrogen (secondary N) is 1. The Hall–Kier alpha value is -1.17. The zero-order valence-electron chi connectivity index (χ0n) is 10.5. The van der Waals surface area contributed by atoms with Gasteiger partial charge in [-0.2, -0.15) is 0 Å². The summed E-state index contributed by atoms with van der Waals surface area (Å²) in [5.41, 5.74) is 1.10. The van der Waals surface area contributed by atoms with Crippen LogP contribution in [0.2, 0.25) is 5.02 Å². The van der Waals surface area contributed by atoms with E-state index in [1.807, 2.05) is 0 Å². The topological polar surface area (TPSA) is 38.3 Å². The van der Waals surface area contributed by atoms with Gasteiger partial charge in [0, 0.05) is 15.1 Å². The van der Waals surface area contributed by atoms with E-state index < -0.39 is 0 Å². The molecule has 0 aliphatic carbocycles. The molecule has 2 rings (SSSR count). The molecule has 0 radical (unpaired) electrons. The van der Waals surface area contributed by atoms with Crippen LogP contribution in [0, 0.1) is 0 Å². The average Bonchev–Trinajstić information content (AvgIpc) is 2.41. The third-order valence-electron chi connectivity index (χ3n) is 2.60. The minimum Gasteiger partial charge on any atom is -0.495 e. The van der Waals surface area contributed by atoms with Crippen molar-refractivity contribution in [1.29, 1.82) is 0 Å². The van der Waals surface area contributed by atoms with E-state index in [0.29, 0.717) is 31.4 Å². The van der Waals surface area contributed by atoms with Gasteiger partial charge in [-0.05, 0) is 52.3 Å². The molecule has 0 aliphatic heterocycles. The number of carbonyl (C=O) groups is 1. The van der Waals surface area contributed by atoms with Gasteiger partial charge in [-0.25, -0.2) is 0 Å². The van der Waals surface area contributed by atoms with Gasteiger partial charge < -0.3 is 10.1 Å². The van der Waals surface area contributed by atoms with E-state index >= 15 is 0 Å². The highest BCUT2D eigenvalue weighted by Gasteiger charge is 2.11. The number of rotatable bonds is 3. The number of thiol groups is 1. The fourth-order valence-corrected chi connectivity index (χ4v) is 2.52. The minimum atomic E-state index is -0.242. The fraction of sp³-hybridized carbons (Fsp3) is 0.0714. The van der Waals surface area contributed by atoms with Crippen LogP contribution >= 0.6 is 40.2 Å². The molecule has 20 heavy (non-hydrogen) atoms. The Morgan fingerprint density at radius 3 is 2.70 bits per heavy atom. The lowest BCUT2D eigenvalue weighted by Crippen LogP contribution is -2.12. The van der Waals surface area contributed by atoms with Crippen molar-refractivity contribution in [2.75, 3.05) is 12.4 Å². The zero-order valence-corrected chi connectivity index (χ0v) is 13.7. The first-order valence-electron chi connectivity index (χ1n) is 5.64. The summed E-state index contributed by atoms with van der Waals surface area (Å²) in [4.78, 5) is 12.9. The van der Waals surface area contributed by atoms with E-state index in [-0.39, 0.29) is 5.91 Å². The lowest BCUT2D eigenvalue weighted by atomic mass is 10.2. The molecule has 6 heteroatoms. The maximum Gasteiger partial charge on any atom is 0.256 e. The number of anilines is 1. The number of ether oxygens (including phenoxy) is 1. The van der Waals surface area contributed by atoms with Crippen LogP contribution in [-0.2, 0) is 0 Å². The van der Waals surface area contributed by atoms with E-state index in [1.165, 1.54) is 7.11 Å². The molecule has 3 nitrogen and oxygen atoms in total. The molecule has 0 aromatic heterocycles. The summed E-state index contributed by atoms with van der Waals surface area (Å²) in [5, 5.41) is 3.21. The summed E-state index contributed by atoms with van der Waals surface area (Å²) in [6.45, 7) is 0. The number of amides is 1. The van der Waals surface area contributed by atoms with Gasteiger partial charge in [-0.3, -0.25) is 4.79 Å². The first-order chi connectivity index (χ1) is 9.51. The third kappa shape index (κ3) is 3.48. The maximum absolute atomic E-state index is 12.2. The van der Waals surface area contributed by atoms with E-state index in [2.05, 4.69) is 33.9 Å². The number of methoxy groups -OCH3 is 1. The molecule has 0 unspecified atom stereocenters. The molecule has 1 N–H and O–H groups in total. The average molecular weight is 373 g/mol. The second-order valence-corrected chi connectivity index (χ2v) is 5.75.